The van der Waals surface area contributed by atoms with E-state index in [1.54, 1.807) is 7.05 Å². The van der Waals surface area contributed by atoms with Gasteiger partial charge in [-0.2, -0.15) is 5.26 Å². The van der Waals surface area contributed by atoms with E-state index in [1.165, 1.54) is 5.39 Å². The van der Waals surface area contributed by atoms with Crippen LogP contribution in [-0.4, -0.2) is 18.7 Å². The topological polar surface area (TPSA) is 45.0 Å². The summed E-state index contributed by atoms with van der Waals surface area (Å²) in [6.07, 6.45) is 0.598. The number of ether oxygens (including phenoxy) is 1. The monoisotopic (exact) mass is 268 g/mol. The zero-order valence-corrected chi connectivity index (χ0v) is 12.2. The van der Waals surface area contributed by atoms with E-state index in [0.717, 1.165) is 11.1 Å². The lowest BCUT2D eigenvalue weighted by Gasteiger charge is -2.25. The summed E-state index contributed by atoms with van der Waals surface area (Å²) in [7, 11) is 1.80. The number of fused-ring (bicyclic) bond motifs is 1. The first-order valence-corrected chi connectivity index (χ1v) is 6.82. The van der Waals surface area contributed by atoms with Crippen LogP contribution in [0.5, 0.6) is 5.75 Å². The molecule has 0 amide bonds. The zero-order valence-electron chi connectivity index (χ0n) is 12.2. The molecule has 2 atom stereocenters. The summed E-state index contributed by atoms with van der Waals surface area (Å²) >= 11 is 0. The van der Waals surface area contributed by atoms with Gasteiger partial charge >= 0.3 is 0 Å². The van der Waals surface area contributed by atoms with E-state index in [9.17, 15) is 5.26 Å². The van der Waals surface area contributed by atoms with E-state index in [2.05, 4.69) is 29.6 Å². The van der Waals surface area contributed by atoms with Gasteiger partial charge in [0.25, 0.3) is 0 Å². The number of hydrogen-bond donors (Lipinski definition) is 1. The van der Waals surface area contributed by atoms with Crippen LogP contribution in [0.3, 0.4) is 0 Å². The number of nitrogens with one attached hydrogen (secondary N) is 1. The Hall–Kier alpha value is -2.05. The Kier molecular flexibility index (Phi) is 4.26. The predicted octanol–water partition coefficient (Wildman–Crippen LogP) is 3.50. The van der Waals surface area contributed by atoms with Crippen LogP contribution in [0.1, 0.15) is 20.3 Å². The Labute approximate surface area is 120 Å². The van der Waals surface area contributed by atoms with Gasteiger partial charge in [-0.15, -0.1) is 0 Å². The van der Waals surface area contributed by atoms with Gasteiger partial charge in [0, 0.05) is 6.42 Å². The zero-order chi connectivity index (χ0) is 14.6. The van der Waals surface area contributed by atoms with Crippen molar-refractivity contribution >= 4 is 10.8 Å². The quantitative estimate of drug-likeness (QED) is 0.902. The van der Waals surface area contributed by atoms with E-state index in [0.29, 0.717) is 6.42 Å². The van der Waals surface area contributed by atoms with E-state index in [-0.39, 0.29) is 6.10 Å². The Bertz CT molecular complexity index is 632. The third-order valence-corrected chi connectivity index (χ3v) is 3.55. The van der Waals surface area contributed by atoms with Gasteiger partial charge in [-0.1, -0.05) is 30.3 Å². The number of hydrogen-bond acceptors (Lipinski definition) is 3. The van der Waals surface area contributed by atoms with Crippen molar-refractivity contribution in [2.45, 2.75) is 31.9 Å². The Balaban J connectivity index is 2.10. The molecule has 0 radical (unpaired) electrons. The minimum Gasteiger partial charge on any atom is -0.491 e. The predicted molar refractivity (Wildman–Crippen MR) is 81.7 cm³/mol. The van der Waals surface area contributed by atoms with Gasteiger partial charge in [0.15, 0.2) is 0 Å². The molecule has 2 aromatic rings. The van der Waals surface area contributed by atoms with Crippen molar-refractivity contribution in [2.75, 3.05) is 7.05 Å². The standard InChI is InChI=1S/C17H20N2O/c1-13(11-17(2,12-18)19-3)20-16-9-8-14-6-4-5-7-15(14)10-16/h4-10,13,19H,11H2,1-3H3. The number of rotatable bonds is 5. The van der Waals surface area contributed by atoms with Gasteiger partial charge in [-0.25, -0.2) is 0 Å². The molecule has 0 saturated carbocycles. The maximum atomic E-state index is 9.17. The molecular formula is C17H20N2O. The highest BCUT2D eigenvalue weighted by Crippen LogP contribution is 2.23. The van der Waals surface area contributed by atoms with Crippen LogP contribution in [0, 0.1) is 11.3 Å². The van der Waals surface area contributed by atoms with Crippen LogP contribution in [-0.2, 0) is 0 Å². The van der Waals surface area contributed by atoms with Crippen molar-refractivity contribution in [1.82, 2.24) is 5.32 Å². The molecule has 20 heavy (non-hydrogen) atoms. The van der Waals surface area contributed by atoms with Crippen LogP contribution in [0.15, 0.2) is 42.5 Å². The molecule has 0 fully saturated rings. The van der Waals surface area contributed by atoms with Crippen molar-refractivity contribution in [2.24, 2.45) is 0 Å². The molecule has 0 bridgehead atoms. The van der Waals surface area contributed by atoms with Gasteiger partial charge in [0.1, 0.15) is 11.3 Å². The van der Waals surface area contributed by atoms with Crippen molar-refractivity contribution in [3.8, 4) is 11.8 Å². The van der Waals surface area contributed by atoms with E-state index in [1.807, 2.05) is 38.1 Å². The lowest BCUT2D eigenvalue weighted by molar-refractivity contribution is 0.183. The summed E-state index contributed by atoms with van der Waals surface area (Å²) in [6.45, 7) is 3.87. The highest BCUT2D eigenvalue weighted by Gasteiger charge is 2.25. The highest BCUT2D eigenvalue weighted by molar-refractivity contribution is 5.83. The average Bonchev–Trinajstić information content (AvgIpc) is 2.47. The van der Waals surface area contributed by atoms with Crippen LogP contribution < -0.4 is 10.1 Å². The van der Waals surface area contributed by atoms with Gasteiger partial charge in [0.05, 0.1) is 12.2 Å². The smallest absolute Gasteiger partial charge is 0.120 e. The number of benzene rings is 2. The fourth-order valence-electron chi connectivity index (χ4n) is 2.29. The molecule has 0 spiro atoms. The fourth-order valence-corrected chi connectivity index (χ4v) is 2.29. The summed E-state index contributed by atoms with van der Waals surface area (Å²) in [4.78, 5) is 0. The van der Waals surface area contributed by atoms with Crippen molar-refractivity contribution in [3.05, 3.63) is 42.5 Å². The summed E-state index contributed by atoms with van der Waals surface area (Å²) in [5, 5.41) is 14.6. The molecule has 0 aliphatic heterocycles. The Morgan fingerprint density at radius 1 is 1.25 bits per heavy atom. The van der Waals surface area contributed by atoms with E-state index < -0.39 is 5.54 Å². The third-order valence-electron chi connectivity index (χ3n) is 3.55. The molecule has 2 rings (SSSR count). The molecule has 0 aromatic heterocycles. The van der Waals surface area contributed by atoms with Gasteiger partial charge in [0.2, 0.25) is 0 Å². The molecule has 0 saturated heterocycles. The molecule has 2 aromatic carbocycles. The number of nitrogens with zero attached hydrogens (tertiary/aromatic N) is 1. The van der Waals surface area contributed by atoms with Crippen LogP contribution in [0.2, 0.25) is 0 Å². The van der Waals surface area contributed by atoms with E-state index in [4.69, 9.17) is 4.74 Å². The summed E-state index contributed by atoms with van der Waals surface area (Å²) in [6, 6.07) is 16.5. The maximum absolute atomic E-state index is 9.17. The van der Waals surface area contributed by atoms with Crippen LogP contribution in [0.25, 0.3) is 10.8 Å². The van der Waals surface area contributed by atoms with Crippen molar-refractivity contribution < 1.29 is 4.74 Å². The maximum Gasteiger partial charge on any atom is 0.120 e. The van der Waals surface area contributed by atoms with Crippen molar-refractivity contribution in [3.63, 3.8) is 0 Å². The lowest BCUT2D eigenvalue weighted by Crippen LogP contribution is -2.41. The first-order valence-electron chi connectivity index (χ1n) is 6.82. The Morgan fingerprint density at radius 2 is 1.95 bits per heavy atom. The SMILES string of the molecule is CNC(C)(C#N)CC(C)Oc1ccc2ccccc2c1. The fraction of sp³-hybridized carbons (Fsp3) is 0.353. The molecule has 0 heterocycles. The third kappa shape index (κ3) is 3.28. The van der Waals surface area contributed by atoms with Gasteiger partial charge < -0.3 is 10.1 Å². The largest absolute Gasteiger partial charge is 0.491 e. The second-order valence-corrected chi connectivity index (χ2v) is 5.34. The molecule has 0 aliphatic carbocycles. The first-order chi connectivity index (χ1) is 9.56. The molecular weight excluding hydrogens is 248 g/mol. The second kappa shape index (κ2) is 5.94. The molecule has 3 nitrogen and oxygen atoms in total. The van der Waals surface area contributed by atoms with Crippen molar-refractivity contribution in [1.29, 1.82) is 5.26 Å². The van der Waals surface area contributed by atoms with Gasteiger partial charge in [-0.05, 0) is 43.8 Å². The normalized spacial score (nSPS) is 15.3. The molecule has 1 N–H and O–H groups in total. The highest BCUT2D eigenvalue weighted by atomic mass is 16.5. The number of nitriles is 1. The first kappa shape index (κ1) is 14.4. The molecule has 104 valence electrons. The van der Waals surface area contributed by atoms with Crippen LogP contribution in [0.4, 0.5) is 0 Å². The molecule has 3 heteroatoms. The minimum atomic E-state index is -0.559. The summed E-state index contributed by atoms with van der Waals surface area (Å²) < 4.78 is 5.93. The summed E-state index contributed by atoms with van der Waals surface area (Å²) in [5.41, 5.74) is -0.559. The second-order valence-electron chi connectivity index (χ2n) is 5.34. The molecule has 2 unspecified atom stereocenters. The van der Waals surface area contributed by atoms with E-state index >= 15 is 0 Å². The van der Waals surface area contributed by atoms with Crippen LogP contribution >= 0.6 is 0 Å². The summed E-state index contributed by atoms with van der Waals surface area (Å²) in [5.74, 6) is 0.840. The van der Waals surface area contributed by atoms with Gasteiger partial charge in [-0.3, -0.25) is 0 Å². The lowest BCUT2D eigenvalue weighted by atomic mass is 9.97. The molecule has 0 aliphatic rings. The average molecular weight is 268 g/mol. The minimum absolute atomic E-state index is 0.0340. The Morgan fingerprint density at radius 3 is 2.60 bits per heavy atom.